The maximum absolute atomic E-state index is 8.66. The molecular weight excluding hydrogens is 180 g/mol. The summed E-state index contributed by atoms with van der Waals surface area (Å²) in [6.45, 7) is -0.813. The first-order valence-corrected chi connectivity index (χ1v) is 3.84. The van der Waals surface area contributed by atoms with Gasteiger partial charge in [-0.3, -0.25) is 0 Å². The first kappa shape index (κ1) is 15.2. The molecule has 0 bridgehead atoms. The number of hydrogen-bond donors (Lipinski definition) is 6. The zero-order chi connectivity index (χ0) is 10.9. The van der Waals surface area contributed by atoms with Crippen LogP contribution in [0.15, 0.2) is 0 Å². The number of rotatable bonds is 4. The summed E-state index contributed by atoms with van der Waals surface area (Å²) in [5.41, 5.74) is -0.667. The first-order chi connectivity index (χ1) is 5.97. The van der Waals surface area contributed by atoms with Crippen LogP contribution in [0.3, 0.4) is 0 Å². The van der Waals surface area contributed by atoms with Gasteiger partial charge in [0.15, 0.2) is 0 Å². The van der Waals surface area contributed by atoms with E-state index < -0.39 is 11.9 Å². The van der Waals surface area contributed by atoms with Crippen molar-refractivity contribution < 1.29 is 30.6 Å². The van der Waals surface area contributed by atoms with Gasteiger partial charge in [0.1, 0.15) is 0 Å². The molecule has 0 radical (unpaired) electrons. The van der Waals surface area contributed by atoms with E-state index >= 15 is 0 Å². The van der Waals surface area contributed by atoms with Crippen LogP contribution in [0, 0.1) is 5.41 Å². The van der Waals surface area contributed by atoms with Gasteiger partial charge in [-0.25, -0.2) is 0 Å². The van der Waals surface area contributed by atoms with Crippen molar-refractivity contribution in [1.82, 2.24) is 0 Å². The number of aliphatic hydroxyl groups is 6. The molecule has 0 aromatic heterocycles. The normalized spacial score (nSPS) is 11.1. The molecule has 6 heteroatoms. The van der Waals surface area contributed by atoms with E-state index in [1.165, 1.54) is 0 Å². The molecule has 0 saturated carbocycles. The summed E-state index contributed by atoms with van der Waals surface area (Å²) in [7, 11) is 0. The molecule has 0 atom stereocenters. The molecule has 13 heavy (non-hydrogen) atoms. The van der Waals surface area contributed by atoms with Crippen LogP contribution >= 0.6 is 0 Å². The zero-order valence-electron chi connectivity index (χ0n) is 7.59. The second-order valence-electron chi connectivity index (χ2n) is 2.67. The molecule has 0 aromatic rings. The van der Waals surface area contributed by atoms with Crippen molar-refractivity contribution in [3.8, 4) is 0 Å². The molecule has 0 spiro atoms. The number of aliphatic hydroxyl groups excluding tert-OH is 4. The Morgan fingerprint density at radius 2 is 1.15 bits per heavy atom. The Morgan fingerprint density at radius 3 is 1.15 bits per heavy atom. The predicted octanol–water partition coefficient (Wildman–Crippen LogP) is -2.39. The minimum atomic E-state index is -2.17. The molecule has 0 fully saturated rings. The Hall–Kier alpha value is -0.240. The highest BCUT2D eigenvalue weighted by Gasteiger charge is 2.24. The van der Waals surface area contributed by atoms with Gasteiger partial charge >= 0.3 is 0 Å². The van der Waals surface area contributed by atoms with E-state index in [0.717, 1.165) is 0 Å². The minimum absolute atomic E-state index is 0.156. The fourth-order valence-electron chi connectivity index (χ4n) is 0.485. The van der Waals surface area contributed by atoms with Crippen molar-refractivity contribution in [3.63, 3.8) is 0 Å². The molecule has 0 aliphatic heterocycles. The van der Waals surface area contributed by atoms with Gasteiger partial charge in [-0.15, -0.1) is 0 Å². The van der Waals surface area contributed by atoms with Gasteiger partial charge in [0.2, 0.25) is 0 Å². The highest BCUT2D eigenvalue weighted by Crippen LogP contribution is 2.18. The fraction of sp³-hybridized carbons (Fsp3) is 1.00. The molecule has 6 N–H and O–H groups in total. The summed E-state index contributed by atoms with van der Waals surface area (Å²) >= 11 is 0. The molecule has 0 saturated heterocycles. The van der Waals surface area contributed by atoms with E-state index in [-0.39, 0.29) is 19.8 Å². The Balaban J connectivity index is 0. The summed E-state index contributed by atoms with van der Waals surface area (Å²) in [6.07, 6.45) is 0.594. The summed E-state index contributed by atoms with van der Waals surface area (Å²) in [5, 5.41) is 47.5. The van der Waals surface area contributed by atoms with E-state index in [0.29, 0.717) is 6.42 Å². The summed E-state index contributed by atoms with van der Waals surface area (Å²) in [4.78, 5) is 0. The summed E-state index contributed by atoms with van der Waals surface area (Å²) in [5.74, 6) is 0. The second kappa shape index (κ2) is 8.36. The molecule has 0 rings (SSSR count). The van der Waals surface area contributed by atoms with Crippen molar-refractivity contribution in [2.45, 2.75) is 19.8 Å². The lowest BCUT2D eigenvalue weighted by Gasteiger charge is -2.24. The predicted molar refractivity (Wildman–Crippen MR) is 44.4 cm³/mol. The van der Waals surface area contributed by atoms with E-state index in [1.54, 1.807) is 0 Å². The minimum Gasteiger partial charge on any atom is -0.396 e. The lowest BCUT2D eigenvalue weighted by atomic mass is 9.88. The molecule has 0 aromatic carbocycles. The fourth-order valence-corrected chi connectivity index (χ4v) is 0.485. The largest absolute Gasteiger partial charge is 0.396 e. The quantitative estimate of drug-likeness (QED) is 0.280. The van der Waals surface area contributed by atoms with Gasteiger partial charge in [-0.1, -0.05) is 6.92 Å². The molecule has 0 aliphatic rings. The van der Waals surface area contributed by atoms with E-state index in [1.807, 2.05) is 6.92 Å². The third-order valence-corrected chi connectivity index (χ3v) is 1.76. The van der Waals surface area contributed by atoms with Crippen LogP contribution in [-0.4, -0.2) is 56.9 Å². The Kier molecular flexibility index (Phi) is 9.80. The van der Waals surface area contributed by atoms with Crippen LogP contribution in [-0.2, 0) is 0 Å². The monoisotopic (exact) mass is 198 g/mol. The van der Waals surface area contributed by atoms with Gasteiger partial charge in [-0.2, -0.15) is 0 Å². The van der Waals surface area contributed by atoms with Gasteiger partial charge in [0, 0.05) is 5.41 Å². The van der Waals surface area contributed by atoms with Crippen LogP contribution in [0.25, 0.3) is 0 Å². The number of hydrogen-bond acceptors (Lipinski definition) is 6. The lowest BCUT2D eigenvalue weighted by molar-refractivity contribution is -0.198. The lowest BCUT2D eigenvalue weighted by Crippen LogP contribution is -2.32. The molecule has 82 valence electrons. The average molecular weight is 198 g/mol. The highest BCUT2D eigenvalue weighted by atomic mass is 16.6. The highest BCUT2D eigenvalue weighted by molar-refractivity contribution is 4.74. The van der Waals surface area contributed by atoms with Crippen molar-refractivity contribution in [2.24, 2.45) is 5.41 Å². The summed E-state index contributed by atoms with van der Waals surface area (Å²) in [6, 6.07) is 0. The molecule has 0 aliphatic carbocycles. The maximum Gasteiger partial charge on any atom is 0.263 e. The Labute approximate surface area is 76.7 Å². The van der Waals surface area contributed by atoms with Crippen LogP contribution in [0.1, 0.15) is 13.3 Å². The van der Waals surface area contributed by atoms with E-state index in [4.69, 9.17) is 30.6 Å². The topological polar surface area (TPSA) is 121 Å². The van der Waals surface area contributed by atoms with Crippen molar-refractivity contribution >= 4 is 0 Å². The maximum atomic E-state index is 8.66. The zero-order valence-corrected chi connectivity index (χ0v) is 7.59. The first-order valence-electron chi connectivity index (χ1n) is 3.84. The van der Waals surface area contributed by atoms with Crippen molar-refractivity contribution in [3.05, 3.63) is 0 Å². The van der Waals surface area contributed by atoms with Crippen molar-refractivity contribution in [1.29, 1.82) is 0 Å². The summed E-state index contributed by atoms with van der Waals surface area (Å²) < 4.78 is 0. The van der Waals surface area contributed by atoms with Gasteiger partial charge < -0.3 is 30.6 Å². The van der Waals surface area contributed by atoms with Crippen LogP contribution in [0.2, 0.25) is 0 Å². The molecule has 0 heterocycles. The third kappa shape index (κ3) is 8.10. The van der Waals surface area contributed by atoms with Crippen LogP contribution in [0.5, 0.6) is 0 Å². The van der Waals surface area contributed by atoms with Gasteiger partial charge in [-0.05, 0) is 6.42 Å². The van der Waals surface area contributed by atoms with Gasteiger partial charge in [0.25, 0.3) is 6.48 Å². The van der Waals surface area contributed by atoms with E-state index in [9.17, 15) is 0 Å². The van der Waals surface area contributed by atoms with Crippen LogP contribution < -0.4 is 0 Å². The Bertz CT molecular complexity index is 80.9. The molecule has 0 unspecified atom stereocenters. The molecule has 0 amide bonds. The molecule has 6 nitrogen and oxygen atoms in total. The third-order valence-electron chi connectivity index (χ3n) is 1.76. The van der Waals surface area contributed by atoms with Crippen LogP contribution in [0.4, 0.5) is 0 Å². The standard InChI is InChI=1S/C6H14O3.CH4O3/c1-2-6(3-7,4-8)5-9;2-1(3)4/h7-9H,2-5H2,1H3;1-4H. The Morgan fingerprint density at radius 1 is 0.923 bits per heavy atom. The second-order valence-corrected chi connectivity index (χ2v) is 2.67. The SMILES string of the molecule is CCC(CO)(CO)CO.OC(O)O. The van der Waals surface area contributed by atoms with Crippen molar-refractivity contribution in [2.75, 3.05) is 19.8 Å². The molecular formula is C7H18O6. The smallest absolute Gasteiger partial charge is 0.263 e. The van der Waals surface area contributed by atoms with E-state index in [2.05, 4.69) is 0 Å². The van der Waals surface area contributed by atoms with Gasteiger partial charge in [0.05, 0.1) is 19.8 Å². The average Bonchev–Trinajstić information content (AvgIpc) is 2.09.